The van der Waals surface area contributed by atoms with Gasteiger partial charge in [-0.25, -0.2) is 5.43 Å². The van der Waals surface area contributed by atoms with Crippen molar-refractivity contribution in [3.05, 3.63) is 35.0 Å². The number of primary amides is 1. The van der Waals surface area contributed by atoms with Crippen molar-refractivity contribution in [3.63, 3.8) is 0 Å². The fourth-order valence-corrected chi connectivity index (χ4v) is 4.69. The molecule has 2 amide bonds. The Morgan fingerprint density at radius 2 is 1.68 bits per heavy atom. The lowest BCUT2D eigenvalue weighted by molar-refractivity contribution is -0.119. The molecular weight excluding hydrogens is 490 g/mol. The highest BCUT2D eigenvalue weighted by Gasteiger charge is 2.41. The summed E-state index contributed by atoms with van der Waals surface area (Å²) in [6, 6.07) is 5.33. The number of amides is 2. The molecule has 1 unspecified atom stereocenters. The molecule has 11 nitrogen and oxygen atoms in total. The quantitative estimate of drug-likeness (QED) is 0.249. The van der Waals surface area contributed by atoms with Crippen molar-refractivity contribution in [2.45, 2.75) is 46.6 Å². The molecule has 1 aliphatic carbocycles. The fraction of sp³-hybridized carbons (Fsp3) is 0.593. The summed E-state index contributed by atoms with van der Waals surface area (Å²) >= 11 is 0. The number of Topliss-reactive ketones (excluding diaryl/α,β-unsaturated/α-hetero) is 1. The second kappa shape index (κ2) is 13.7. The van der Waals surface area contributed by atoms with E-state index < -0.39 is 5.91 Å². The number of allylic oxidation sites excluding steroid dienone is 1. The van der Waals surface area contributed by atoms with Crippen LogP contribution < -0.4 is 26.8 Å². The maximum atomic E-state index is 12.8. The van der Waals surface area contributed by atoms with E-state index in [0.29, 0.717) is 70.4 Å². The van der Waals surface area contributed by atoms with Gasteiger partial charge in [-0.1, -0.05) is 13.8 Å². The van der Waals surface area contributed by atoms with Gasteiger partial charge in [0.1, 0.15) is 0 Å². The first-order valence-electron chi connectivity index (χ1n) is 13.1. The molecule has 0 bridgehead atoms. The number of anilines is 2. The van der Waals surface area contributed by atoms with E-state index in [4.69, 9.17) is 19.9 Å². The first kappa shape index (κ1) is 29.6. The number of benzene rings is 1. The average Bonchev–Trinajstić information content (AvgIpc) is 3.16. The highest BCUT2D eigenvalue weighted by Crippen LogP contribution is 2.43. The molecule has 0 saturated carbocycles. The number of carbonyl (C=O) groups is 3. The normalized spacial score (nSPS) is 18.5. The number of hydrazine groups is 1. The molecule has 38 heavy (non-hydrogen) atoms. The van der Waals surface area contributed by atoms with Crippen LogP contribution in [-0.2, 0) is 23.8 Å². The highest BCUT2D eigenvalue weighted by molar-refractivity contribution is 6.01. The fourth-order valence-electron chi connectivity index (χ4n) is 4.69. The molecule has 11 heteroatoms. The molecule has 1 aliphatic heterocycles. The lowest BCUT2D eigenvalue weighted by Crippen LogP contribution is -2.36. The topological polar surface area (TPSA) is 144 Å². The van der Waals surface area contributed by atoms with Gasteiger partial charge in [0.15, 0.2) is 5.78 Å². The molecule has 5 N–H and O–H groups in total. The summed E-state index contributed by atoms with van der Waals surface area (Å²) in [5.74, 6) is -0.420. The van der Waals surface area contributed by atoms with Crippen molar-refractivity contribution in [1.29, 1.82) is 0 Å². The summed E-state index contributed by atoms with van der Waals surface area (Å²) in [6.45, 7) is 11.2. The monoisotopic (exact) mass is 531 g/mol. The maximum Gasteiger partial charge on any atom is 0.250 e. The molecular formula is C27H41N5O6. The first-order chi connectivity index (χ1) is 18.1. The number of nitrogens with one attached hydrogen (secondary N) is 3. The number of hydrogen-bond donors (Lipinski definition) is 4. The van der Waals surface area contributed by atoms with E-state index in [2.05, 4.69) is 29.9 Å². The Morgan fingerprint density at radius 3 is 2.32 bits per heavy atom. The van der Waals surface area contributed by atoms with Crippen LogP contribution in [0.5, 0.6) is 0 Å². The van der Waals surface area contributed by atoms with Crippen molar-refractivity contribution >= 4 is 29.0 Å². The summed E-state index contributed by atoms with van der Waals surface area (Å²) in [7, 11) is 0. The third kappa shape index (κ3) is 8.26. The lowest BCUT2D eigenvalue weighted by atomic mass is 9.75. The van der Waals surface area contributed by atoms with E-state index >= 15 is 0 Å². The molecule has 0 aromatic heterocycles. The van der Waals surface area contributed by atoms with Gasteiger partial charge in [-0.15, -0.1) is 0 Å². The molecule has 1 aromatic carbocycles. The number of ketones is 1. The van der Waals surface area contributed by atoms with Crippen LogP contribution in [0.25, 0.3) is 0 Å². The van der Waals surface area contributed by atoms with Crippen LogP contribution >= 0.6 is 0 Å². The first-order valence-corrected chi connectivity index (χ1v) is 13.1. The van der Waals surface area contributed by atoms with Gasteiger partial charge in [0.2, 0.25) is 5.91 Å². The Hall–Kier alpha value is -2.99. The number of nitrogens with two attached hydrogens (primary N) is 1. The van der Waals surface area contributed by atoms with Crippen molar-refractivity contribution < 1.29 is 28.6 Å². The SMILES string of the molecule is CC(=O)NCCOCCOCCOCCNc1cc(N2NC(C)C3=C2CC(C)(C)CC3=O)ccc1C(N)=O. The Morgan fingerprint density at radius 1 is 1.05 bits per heavy atom. The molecule has 210 valence electrons. The zero-order chi connectivity index (χ0) is 27.7. The predicted octanol–water partition coefficient (Wildman–Crippen LogP) is 1.74. The van der Waals surface area contributed by atoms with Crippen molar-refractivity contribution in [2.75, 3.05) is 63.1 Å². The van der Waals surface area contributed by atoms with Crippen molar-refractivity contribution in [3.8, 4) is 0 Å². The van der Waals surface area contributed by atoms with Gasteiger partial charge in [-0.2, -0.15) is 0 Å². The van der Waals surface area contributed by atoms with Crippen LogP contribution in [0.1, 0.15) is 50.9 Å². The minimum Gasteiger partial charge on any atom is -0.382 e. The van der Waals surface area contributed by atoms with E-state index in [1.54, 1.807) is 6.07 Å². The summed E-state index contributed by atoms with van der Waals surface area (Å²) in [5, 5.41) is 7.87. The Kier molecular flexibility index (Phi) is 10.7. The van der Waals surface area contributed by atoms with Crippen LogP contribution in [0, 0.1) is 5.41 Å². The van der Waals surface area contributed by atoms with Gasteiger partial charge in [0.25, 0.3) is 5.91 Å². The van der Waals surface area contributed by atoms with Crippen LogP contribution in [0.2, 0.25) is 0 Å². The third-order valence-corrected chi connectivity index (χ3v) is 6.38. The Balaban J connectivity index is 1.46. The van der Waals surface area contributed by atoms with Gasteiger partial charge >= 0.3 is 0 Å². The van der Waals surface area contributed by atoms with Gasteiger partial charge in [-0.3, -0.25) is 19.4 Å². The van der Waals surface area contributed by atoms with Gasteiger partial charge in [0, 0.05) is 43.4 Å². The van der Waals surface area contributed by atoms with E-state index in [1.807, 2.05) is 24.1 Å². The summed E-state index contributed by atoms with van der Waals surface area (Å²) in [4.78, 5) is 35.6. The number of carbonyl (C=O) groups excluding carboxylic acids is 3. The zero-order valence-electron chi connectivity index (χ0n) is 22.9. The molecule has 1 atom stereocenters. The second-order valence-electron chi connectivity index (χ2n) is 10.3. The van der Waals surface area contributed by atoms with Gasteiger partial charge in [0.05, 0.1) is 56.9 Å². The predicted molar refractivity (Wildman–Crippen MR) is 145 cm³/mol. The summed E-state index contributed by atoms with van der Waals surface area (Å²) < 4.78 is 16.4. The van der Waals surface area contributed by atoms with E-state index in [1.165, 1.54) is 6.92 Å². The van der Waals surface area contributed by atoms with Crippen LogP contribution in [0.15, 0.2) is 29.5 Å². The molecule has 3 rings (SSSR count). The number of nitrogens with zero attached hydrogens (tertiary/aromatic N) is 1. The molecule has 2 aliphatic rings. The number of rotatable bonds is 15. The minimum absolute atomic E-state index is 0.0771. The standard InChI is InChI=1S/C27H41N5O6/c1-18-25-23(16-27(3,4)17-24(25)34)32(31-18)20-5-6-21(26(28)35)22(15-20)30-8-10-37-12-14-38-13-11-36-9-7-29-19(2)33/h5-6,15,18,30-31H,7-14,16-17H2,1-4H3,(H2,28,35)(H,29,33). The number of ether oxygens (including phenoxy) is 3. The van der Waals surface area contributed by atoms with Crippen molar-refractivity contribution in [2.24, 2.45) is 11.1 Å². The van der Waals surface area contributed by atoms with E-state index in [9.17, 15) is 14.4 Å². The highest BCUT2D eigenvalue weighted by atomic mass is 16.5. The van der Waals surface area contributed by atoms with E-state index in [0.717, 1.165) is 23.4 Å². The van der Waals surface area contributed by atoms with Gasteiger partial charge < -0.3 is 30.6 Å². The molecule has 1 heterocycles. The lowest BCUT2D eigenvalue weighted by Gasteiger charge is -2.33. The largest absolute Gasteiger partial charge is 0.382 e. The summed E-state index contributed by atoms with van der Waals surface area (Å²) in [6.07, 6.45) is 1.32. The molecule has 0 fully saturated rings. The Bertz CT molecular complexity index is 1040. The average molecular weight is 532 g/mol. The smallest absolute Gasteiger partial charge is 0.250 e. The van der Waals surface area contributed by atoms with E-state index in [-0.39, 0.29) is 23.1 Å². The minimum atomic E-state index is -0.524. The molecule has 0 saturated heterocycles. The molecule has 0 radical (unpaired) electrons. The third-order valence-electron chi connectivity index (χ3n) is 6.38. The van der Waals surface area contributed by atoms with Gasteiger partial charge in [-0.05, 0) is 37.0 Å². The molecule has 0 spiro atoms. The second-order valence-corrected chi connectivity index (χ2v) is 10.3. The van der Waals surface area contributed by atoms with Crippen LogP contribution in [0.4, 0.5) is 11.4 Å². The number of hydrogen-bond acceptors (Lipinski definition) is 9. The van der Waals surface area contributed by atoms with Crippen LogP contribution in [-0.4, -0.2) is 76.4 Å². The molecule has 1 aromatic rings. The maximum absolute atomic E-state index is 12.8. The summed E-state index contributed by atoms with van der Waals surface area (Å²) in [5.41, 5.74) is 12.5. The van der Waals surface area contributed by atoms with Crippen LogP contribution in [0.3, 0.4) is 0 Å². The Labute approximate surface area is 224 Å². The zero-order valence-corrected chi connectivity index (χ0v) is 22.9. The van der Waals surface area contributed by atoms with Crippen molar-refractivity contribution in [1.82, 2.24) is 10.7 Å².